The Morgan fingerprint density at radius 1 is 1.10 bits per heavy atom. The smallest absolute Gasteiger partial charge is 0.339 e. The number of carbonyl (C=O) groups is 1. The number of Topliss-reactive ketones (excluding diaryl/α,β-unsaturated/α-hetero) is 1. The van der Waals surface area contributed by atoms with Crippen LogP contribution in [0.4, 0.5) is 0 Å². The highest BCUT2D eigenvalue weighted by Crippen LogP contribution is 2.23. The lowest BCUT2D eigenvalue weighted by Gasteiger charge is -2.09. The molecule has 0 heterocycles. The number of para-hydroxylation sites is 1. The molecule has 0 aromatic heterocycles. The first-order valence-electron chi connectivity index (χ1n) is 6.09. The first-order valence-corrected chi connectivity index (χ1v) is 7.50. The number of hydrogen-bond acceptors (Lipinski definition) is 5. The van der Waals surface area contributed by atoms with Crippen LogP contribution in [0.1, 0.15) is 15.9 Å². The van der Waals surface area contributed by atoms with Crippen molar-refractivity contribution in [1.29, 1.82) is 5.41 Å². The molecule has 5 nitrogen and oxygen atoms in total. The summed E-state index contributed by atoms with van der Waals surface area (Å²) in [5.74, 6) is -0.712. The monoisotopic (exact) mass is 303 g/mol. The fourth-order valence-electron chi connectivity index (χ4n) is 1.69. The van der Waals surface area contributed by atoms with Gasteiger partial charge in [0, 0.05) is 0 Å². The summed E-state index contributed by atoms with van der Waals surface area (Å²) in [6, 6.07) is 12.1. The number of aryl methyl sites for hydroxylation is 1. The van der Waals surface area contributed by atoms with Crippen LogP contribution in [0.2, 0.25) is 0 Å². The van der Waals surface area contributed by atoms with Crippen molar-refractivity contribution < 1.29 is 17.4 Å². The van der Waals surface area contributed by atoms with Crippen molar-refractivity contribution in [2.45, 2.75) is 11.8 Å². The Balaban J connectivity index is 2.39. The third-order valence-corrected chi connectivity index (χ3v) is 4.04. The molecule has 0 aliphatic rings. The quantitative estimate of drug-likeness (QED) is 0.522. The summed E-state index contributed by atoms with van der Waals surface area (Å²) in [4.78, 5) is 11.6. The van der Waals surface area contributed by atoms with Crippen LogP contribution in [0.3, 0.4) is 0 Å². The molecule has 21 heavy (non-hydrogen) atoms. The van der Waals surface area contributed by atoms with Gasteiger partial charge in [0.15, 0.2) is 5.75 Å². The lowest BCUT2D eigenvalue weighted by molar-refractivity contribution is 0.106. The molecule has 1 N–H and O–H groups in total. The average molecular weight is 303 g/mol. The molecule has 2 aromatic carbocycles. The van der Waals surface area contributed by atoms with Crippen molar-refractivity contribution in [2.75, 3.05) is 0 Å². The zero-order valence-electron chi connectivity index (χ0n) is 11.2. The molecular weight excluding hydrogens is 290 g/mol. The van der Waals surface area contributed by atoms with Crippen LogP contribution >= 0.6 is 0 Å². The van der Waals surface area contributed by atoms with Crippen molar-refractivity contribution in [3.8, 4) is 5.75 Å². The lowest BCUT2D eigenvalue weighted by Crippen LogP contribution is -2.12. The van der Waals surface area contributed by atoms with E-state index in [0.717, 1.165) is 5.56 Å². The van der Waals surface area contributed by atoms with Crippen LogP contribution in [0, 0.1) is 12.3 Å². The molecule has 0 unspecified atom stereocenters. The lowest BCUT2D eigenvalue weighted by atomic mass is 10.1. The van der Waals surface area contributed by atoms with Crippen LogP contribution in [-0.4, -0.2) is 20.4 Å². The summed E-state index contributed by atoms with van der Waals surface area (Å²) in [6.45, 7) is 1.84. The fourth-order valence-corrected chi connectivity index (χ4v) is 2.64. The van der Waals surface area contributed by atoms with Gasteiger partial charge in [0.2, 0.25) is 5.78 Å². The van der Waals surface area contributed by atoms with Crippen LogP contribution in [0.25, 0.3) is 0 Å². The standard InChI is InChI=1S/C15H13NO4S/c1-11-6-8-12(9-7-11)21(18,19)20-15-5-3-2-4-13(15)14(17)10-16/h2-10,16H,1H3. The predicted octanol–water partition coefficient (Wildman–Crippen LogP) is 2.59. The molecule has 0 fully saturated rings. The minimum absolute atomic E-state index is 0.00482. The topological polar surface area (TPSA) is 84.3 Å². The van der Waals surface area contributed by atoms with Gasteiger partial charge in [-0.3, -0.25) is 4.79 Å². The largest absolute Gasteiger partial charge is 0.378 e. The summed E-state index contributed by atoms with van der Waals surface area (Å²) < 4.78 is 29.4. The second-order valence-electron chi connectivity index (χ2n) is 4.36. The molecule has 0 bridgehead atoms. The fraction of sp³-hybridized carbons (Fsp3) is 0.0667. The van der Waals surface area contributed by atoms with E-state index >= 15 is 0 Å². The molecule has 0 radical (unpaired) electrons. The summed E-state index contributed by atoms with van der Waals surface area (Å²) >= 11 is 0. The third-order valence-electron chi connectivity index (χ3n) is 2.79. The Hall–Kier alpha value is -2.47. The second kappa shape index (κ2) is 5.88. The van der Waals surface area contributed by atoms with Crippen molar-refractivity contribution in [3.63, 3.8) is 0 Å². The predicted molar refractivity (Wildman–Crippen MR) is 78.5 cm³/mol. The number of ketones is 1. The normalized spacial score (nSPS) is 10.9. The maximum atomic E-state index is 12.2. The molecular formula is C15H13NO4S. The Bertz CT molecular complexity index is 780. The van der Waals surface area contributed by atoms with E-state index < -0.39 is 15.9 Å². The van der Waals surface area contributed by atoms with E-state index in [4.69, 9.17) is 9.59 Å². The van der Waals surface area contributed by atoms with Gasteiger partial charge in [-0.25, -0.2) is 0 Å². The zero-order valence-corrected chi connectivity index (χ0v) is 12.1. The molecule has 0 atom stereocenters. The maximum Gasteiger partial charge on any atom is 0.339 e. The Morgan fingerprint density at radius 2 is 1.71 bits per heavy atom. The van der Waals surface area contributed by atoms with Crippen LogP contribution in [0.5, 0.6) is 5.75 Å². The Morgan fingerprint density at radius 3 is 2.33 bits per heavy atom. The average Bonchev–Trinajstić information content (AvgIpc) is 2.47. The maximum absolute atomic E-state index is 12.2. The van der Waals surface area contributed by atoms with Crippen molar-refractivity contribution in [1.82, 2.24) is 0 Å². The summed E-state index contributed by atoms with van der Waals surface area (Å²) in [5.41, 5.74) is 0.955. The van der Waals surface area contributed by atoms with Gasteiger partial charge in [0.25, 0.3) is 0 Å². The summed E-state index contributed by atoms with van der Waals surface area (Å²) in [6.07, 6.45) is 0.612. The Labute approximate surface area is 122 Å². The van der Waals surface area contributed by atoms with E-state index in [-0.39, 0.29) is 16.2 Å². The molecule has 0 aliphatic heterocycles. The van der Waals surface area contributed by atoms with Gasteiger partial charge in [-0.05, 0) is 31.2 Å². The molecule has 0 aliphatic carbocycles. The minimum Gasteiger partial charge on any atom is -0.378 e. The highest BCUT2D eigenvalue weighted by molar-refractivity contribution is 7.87. The highest BCUT2D eigenvalue weighted by Gasteiger charge is 2.19. The number of nitrogens with one attached hydrogen (secondary N) is 1. The van der Waals surface area contributed by atoms with E-state index in [2.05, 4.69) is 0 Å². The zero-order chi connectivity index (χ0) is 15.5. The summed E-state index contributed by atoms with van der Waals surface area (Å²) in [7, 11) is -4.02. The molecule has 0 saturated carbocycles. The van der Waals surface area contributed by atoms with E-state index in [1.165, 1.54) is 24.3 Å². The Kier molecular flexibility index (Phi) is 4.18. The molecule has 0 amide bonds. The molecule has 2 rings (SSSR count). The van der Waals surface area contributed by atoms with E-state index in [1.807, 2.05) is 6.92 Å². The number of benzene rings is 2. The van der Waals surface area contributed by atoms with Gasteiger partial charge < -0.3 is 9.59 Å². The number of hydrogen-bond donors (Lipinski definition) is 1. The van der Waals surface area contributed by atoms with Crippen LogP contribution in [0.15, 0.2) is 53.4 Å². The molecule has 0 saturated heterocycles. The van der Waals surface area contributed by atoms with Gasteiger partial charge in [0.05, 0.1) is 11.8 Å². The van der Waals surface area contributed by atoms with E-state index in [1.54, 1.807) is 24.3 Å². The van der Waals surface area contributed by atoms with E-state index in [9.17, 15) is 13.2 Å². The van der Waals surface area contributed by atoms with Gasteiger partial charge in [-0.15, -0.1) is 0 Å². The van der Waals surface area contributed by atoms with Gasteiger partial charge >= 0.3 is 10.1 Å². The SMILES string of the molecule is Cc1ccc(S(=O)(=O)Oc2ccccc2C(=O)C=N)cc1. The van der Waals surface area contributed by atoms with Crippen molar-refractivity contribution in [3.05, 3.63) is 59.7 Å². The highest BCUT2D eigenvalue weighted by atomic mass is 32.2. The second-order valence-corrected chi connectivity index (χ2v) is 5.90. The van der Waals surface area contributed by atoms with Gasteiger partial charge in [-0.1, -0.05) is 29.8 Å². The molecule has 6 heteroatoms. The number of rotatable bonds is 5. The molecule has 2 aromatic rings. The van der Waals surface area contributed by atoms with Gasteiger partial charge in [-0.2, -0.15) is 8.42 Å². The number of carbonyl (C=O) groups excluding carboxylic acids is 1. The van der Waals surface area contributed by atoms with Crippen molar-refractivity contribution >= 4 is 22.1 Å². The van der Waals surface area contributed by atoms with E-state index in [0.29, 0.717) is 6.21 Å². The first-order chi connectivity index (χ1) is 9.94. The molecule has 0 spiro atoms. The summed E-state index contributed by atoms with van der Waals surface area (Å²) in [5, 5.41) is 6.98. The first kappa shape index (κ1) is 14.9. The van der Waals surface area contributed by atoms with Crippen LogP contribution < -0.4 is 4.18 Å². The minimum atomic E-state index is -4.02. The van der Waals surface area contributed by atoms with Gasteiger partial charge in [0.1, 0.15) is 4.90 Å². The van der Waals surface area contributed by atoms with Crippen molar-refractivity contribution in [2.24, 2.45) is 0 Å². The third kappa shape index (κ3) is 3.35. The molecule has 108 valence electrons. The van der Waals surface area contributed by atoms with Crippen LogP contribution in [-0.2, 0) is 10.1 Å².